The zero-order valence-corrected chi connectivity index (χ0v) is 10.4. The molecule has 18 heavy (non-hydrogen) atoms. The van der Waals surface area contributed by atoms with Crippen LogP contribution in [0.25, 0.3) is 0 Å². The number of benzene rings is 1. The number of hydrogen-bond acceptors (Lipinski definition) is 4. The lowest BCUT2D eigenvalue weighted by Crippen LogP contribution is -2.25. The summed E-state index contributed by atoms with van der Waals surface area (Å²) in [6.07, 6.45) is 0.705. The number of methoxy groups -OCH3 is 1. The highest BCUT2D eigenvalue weighted by atomic mass is 16.6. The fourth-order valence-electron chi connectivity index (χ4n) is 1.47. The molecule has 0 aliphatic carbocycles. The first-order valence-electron chi connectivity index (χ1n) is 5.58. The number of ether oxygens (including phenoxy) is 1. The van der Waals surface area contributed by atoms with Crippen LogP contribution in [0, 0.1) is 17.0 Å². The van der Waals surface area contributed by atoms with Crippen molar-refractivity contribution in [2.45, 2.75) is 13.3 Å². The van der Waals surface area contributed by atoms with Gasteiger partial charge in [0.15, 0.2) is 0 Å². The van der Waals surface area contributed by atoms with Gasteiger partial charge in [-0.05, 0) is 19.4 Å². The lowest BCUT2D eigenvalue weighted by atomic mass is 10.1. The minimum atomic E-state index is -0.489. The molecular formula is C12H16N2O4. The van der Waals surface area contributed by atoms with E-state index in [1.807, 2.05) is 0 Å². The van der Waals surface area contributed by atoms with Crippen molar-refractivity contribution in [3.8, 4) is 0 Å². The zero-order valence-electron chi connectivity index (χ0n) is 10.4. The van der Waals surface area contributed by atoms with Crippen LogP contribution in [0.5, 0.6) is 0 Å². The number of hydrogen-bond donors (Lipinski definition) is 1. The van der Waals surface area contributed by atoms with Crippen molar-refractivity contribution < 1.29 is 14.5 Å². The van der Waals surface area contributed by atoms with E-state index >= 15 is 0 Å². The summed E-state index contributed by atoms with van der Waals surface area (Å²) in [5, 5.41) is 13.4. The van der Waals surface area contributed by atoms with Gasteiger partial charge in [0.25, 0.3) is 11.6 Å². The van der Waals surface area contributed by atoms with Crippen LogP contribution in [0.3, 0.4) is 0 Å². The van der Waals surface area contributed by atoms with Gasteiger partial charge in [-0.2, -0.15) is 0 Å². The van der Waals surface area contributed by atoms with Gasteiger partial charge in [0.1, 0.15) is 0 Å². The summed E-state index contributed by atoms with van der Waals surface area (Å²) in [4.78, 5) is 22.0. The van der Waals surface area contributed by atoms with Crippen LogP contribution < -0.4 is 5.32 Å². The molecule has 0 radical (unpaired) electrons. The van der Waals surface area contributed by atoms with Gasteiger partial charge in [0.05, 0.1) is 4.92 Å². The third-order valence-corrected chi connectivity index (χ3v) is 2.48. The average molecular weight is 252 g/mol. The second-order valence-corrected chi connectivity index (χ2v) is 3.86. The smallest absolute Gasteiger partial charge is 0.273 e. The highest BCUT2D eigenvalue weighted by Crippen LogP contribution is 2.19. The molecule has 1 aromatic rings. The van der Waals surface area contributed by atoms with Gasteiger partial charge >= 0.3 is 0 Å². The molecule has 0 unspecified atom stereocenters. The Morgan fingerprint density at radius 3 is 2.83 bits per heavy atom. The number of nitro benzene ring substituents is 1. The summed E-state index contributed by atoms with van der Waals surface area (Å²) in [5.41, 5.74) is 0.792. The molecule has 0 fully saturated rings. The number of nitrogens with zero attached hydrogens (tertiary/aromatic N) is 1. The molecule has 0 aromatic heterocycles. The van der Waals surface area contributed by atoms with E-state index in [9.17, 15) is 14.9 Å². The average Bonchev–Trinajstić information content (AvgIpc) is 2.34. The highest BCUT2D eigenvalue weighted by Gasteiger charge is 2.14. The van der Waals surface area contributed by atoms with Crippen LogP contribution in [0.2, 0.25) is 0 Å². The fraction of sp³-hybridized carbons (Fsp3) is 0.417. The first-order chi connectivity index (χ1) is 8.56. The van der Waals surface area contributed by atoms with E-state index in [0.29, 0.717) is 30.7 Å². The van der Waals surface area contributed by atoms with Crippen LogP contribution in [0.15, 0.2) is 18.2 Å². The summed E-state index contributed by atoms with van der Waals surface area (Å²) in [7, 11) is 1.59. The molecule has 0 bridgehead atoms. The van der Waals surface area contributed by atoms with E-state index in [-0.39, 0.29) is 11.6 Å². The van der Waals surface area contributed by atoms with Crippen LogP contribution in [0.4, 0.5) is 5.69 Å². The molecule has 1 amide bonds. The highest BCUT2D eigenvalue weighted by molar-refractivity contribution is 5.94. The number of rotatable bonds is 6. The van der Waals surface area contributed by atoms with Crippen molar-refractivity contribution in [2.24, 2.45) is 0 Å². The van der Waals surface area contributed by atoms with Gasteiger partial charge in [-0.25, -0.2) is 0 Å². The Kier molecular flexibility index (Phi) is 5.26. The number of carbonyl (C=O) groups is 1. The Bertz CT molecular complexity index is 446. The Labute approximate surface area is 105 Å². The zero-order chi connectivity index (χ0) is 13.5. The van der Waals surface area contributed by atoms with E-state index in [4.69, 9.17) is 4.74 Å². The van der Waals surface area contributed by atoms with Crippen molar-refractivity contribution in [1.29, 1.82) is 0 Å². The van der Waals surface area contributed by atoms with E-state index < -0.39 is 4.92 Å². The van der Waals surface area contributed by atoms with Crippen molar-refractivity contribution in [1.82, 2.24) is 5.32 Å². The minimum Gasteiger partial charge on any atom is -0.385 e. The SMILES string of the molecule is COCCCNC(=O)c1ccc(C)c([N+](=O)[O-])c1. The Balaban J connectivity index is 2.68. The number of nitrogens with one attached hydrogen (secondary N) is 1. The topological polar surface area (TPSA) is 81.5 Å². The van der Waals surface area contributed by atoms with Crippen molar-refractivity contribution in [3.63, 3.8) is 0 Å². The van der Waals surface area contributed by atoms with Crippen molar-refractivity contribution in [2.75, 3.05) is 20.3 Å². The molecule has 0 spiro atoms. The molecule has 1 rings (SSSR count). The maximum Gasteiger partial charge on any atom is 0.273 e. The summed E-state index contributed by atoms with van der Waals surface area (Å²) < 4.78 is 4.86. The first-order valence-corrected chi connectivity index (χ1v) is 5.58. The monoisotopic (exact) mass is 252 g/mol. The van der Waals surface area contributed by atoms with E-state index in [1.165, 1.54) is 6.07 Å². The molecule has 0 aliphatic rings. The van der Waals surface area contributed by atoms with Gasteiger partial charge in [-0.3, -0.25) is 14.9 Å². The van der Waals surface area contributed by atoms with E-state index in [2.05, 4.69) is 5.32 Å². The first kappa shape index (κ1) is 14.1. The predicted octanol–water partition coefficient (Wildman–Crippen LogP) is 1.67. The molecule has 0 aliphatic heterocycles. The Morgan fingerprint density at radius 1 is 1.50 bits per heavy atom. The normalized spacial score (nSPS) is 10.1. The summed E-state index contributed by atoms with van der Waals surface area (Å²) in [6, 6.07) is 4.44. The minimum absolute atomic E-state index is 0.0421. The van der Waals surface area contributed by atoms with Crippen LogP contribution >= 0.6 is 0 Å². The van der Waals surface area contributed by atoms with E-state index in [1.54, 1.807) is 26.2 Å². The van der Waals surface area contributed by atoms with Gasteiger partial charge in [-0.15, -0.1) is 0 Å². The standard InChI is InChI=1S/C12H16N2O4/c1-9-4-5-10(8-11(9)14(16)17)12(15)13-6-3-7-18-2/h4-5,8H,3,6-7H2,1-2H3,(H,13,15). The van der Waals surface area contributed by atoms with Crippen LogP contribution in [0.1, 0.15) is 22.3 Å². The lowest BCUT2D eigenvalue weighted by Gasteiger charge is -2.05. The molecule has 0 saturated carbocycles. The van der Waals surface area contributed by atoms with Crippen LogP contribution in [-0.4, -0.2) is 31.1 Å². The molecular weight excluding hydrogens is 236 g/mol. The van der Waals surface area contributed by atoms with Gasteiger partial charge in [-0.1, -0.05) is 6.07 Å². The molecule has 0 saturated heterocycles. The molecule has 0 atom stereocenters. The molecule has 1 N–H and O–H groups in total. The maximum absolute atomic E-state index is 11.7. The molecule has 1 aromatic carbocycles. The van der Waals surface area contributed by atoms with E-state index in [0.717, 1.165) is 0 Å². The maximum atomic E-state index is 11.7. The predicted molar refractivity (Wildman–Crippen MR) is 66.7 cm³/mol. The van der Waals surface area contributed by atoms with Crippen molar-refractivity contribution in [3.05, 3.63) is 39.4 Å². The molecule has 6 nitrogen and oxygen atoms in total. The van der Waals surface area contributed by atoms with Crippen LogP contribution in [-0.2, 0) is 4.74 Å². The Morgan fingerprint density at radius 2 is 2.22 bits per heavy atom. The van der Waals surface area contributed by atoms with Crippen molar-refractivity contribution >= 4 is 11.6 Å². The number of nitro groups is 1. The third kappa shape index (κ3) is 3.81. The number of carbonyl (C=O) groups excluding carboxylic acids is 1. The molecule has 98 valence electrons. The third-order valence-electron chi connectivity index (χ3n) is 2.48. The Hall–Kier alpha value is -1.95. The second-order valence-electron chi connectivity index (χ2n) is 3.86. The molecule has 6 heteroatoms. The molecule has 0 heterocycles. The quantitative estimate of drug-likeness (QED) is 0.474. The fourth-order valence-corrected chi connectivity index (χ4v) is 1.47. The number of aryl methyl sites for hydroxylation is 1. The lowest BCUT2D eigenvalue weighted by molar-refractivity contribution is -0.385. The summed E-state index contributed by atoms with van der Waals surface area (Å²) >= 11 is 0. The van der Waals surface area contributed by atoms with Gasteiger partial charge in [0, 0.05) is 37.5 Å². The summed E-state index contributed by atoms with van der Waals surface area (Å²) in [6.45, 7) is 2.68. The second kappa shape index (κ2) is 6.70. The van der Waals surface area contributed by atoms with Gasteiger partial charge < -0.3 is 10.1 Å². The van der Waals surface area contributed by atoms with Gasteiger partial charge in [0.2, 0.25) is 0 Å². The largest absolute Gasteiger partial charge is 0.385 e. The number of amides is 1. The summed E-state index contributed by atoms with van der Waals surface area (Å²) in [5.74, 6) is -0.311.